The van der Waals surface area contributed by atoms with Crippen LogP contribution in [0.1, 0.15) is 6.42 Å². The Morgan fingerprint density at radius 3 is 2.91 bits per heavy atom. The Hall–Kier alpha value is -0.0900. The summed E-state index contributed by atoms with van der Waals surface area (Å²) in [4.78, 5) is 12.3. The molecule has 0 aliphatic carbocycles. The molecule has 1 aliphatic heterocycles. The second-order valence-corrected chi connectivity index (χ2v) is 3.59. The molecule has 0 aromatic carbocycles. The number of hydrogen-bond donors (Lipinski definition) is 1. The summed E-state index contributed by atoms with van der Waals surface area (Å²) in [6.07, 6.45) is 1.12. The number of alkyl halides is 1. The van der Waals surface area contributed by atoms with Crippen molar-refractivity contribution in [1.82, 2.24) is 4.90 Å². The lowest BCUT2D eigenvalue weighted by atomic mass is 10.2. The van der Waals surface area contributed by atoms with Crippen LogP contribution in [0.2, 0.25) is 0 Å². The van der Waals surface area contributed by atoms with Crippen LogP contribution in [0.5, 0.6) is 0 Å². The molecule has 0 radical (unpaired) electrons. The van der Waals surface area contributed by atoms with E-state index in [4.69, 9.17) is 5.11 Å². The average molecular weight is 222 g/mol. The van der Waals surface area contributed by atoms with Gasteiger partial charge in [0.25, 0.3) is 0 Å². The molecular formula is C7H12BrNO2. The van der Waals surface area contributed by atoms with Crippen molar-refractivity contribution in [2.45, 2.75) is 6.42 Å². The van der Waals surface area contributed by atoms with E-state index in [1.54, 1.807) is 0 Å². The summed E-state index contributed by atoms with van der Waals surface area (Å²) in [6.45, 7) is 2.06. The van der Waals surface area contributed by atoms with Crippen molar-refractivity contribution >= 4 is 21.9 Å². The second kappa shape index (κ2) is 4.07. The van der Waals surface area contributed by atoms with Gasteiger partial charge < -0.3 is 5.11 Å². The van der Waals surface area contributed by atoms with Gasteiger partial charge in [-0.05, 0) is 18.9 Å². The number of hydrogen-bond acceptors (Lipinski definition) is 2. The first kappa shape index (κ1) is 9.00. The van der Waals surface area contributed by atoms with E-state index in [1.165, 1.54) is 0 Å². The Kier molecular flexibility index (Phi) is 3.33. The molecule has 1 atom stereocenters. The van der Waals surface area contributed by atoms with Crippen molar-refractivity contribution in [3.05, 3.63) is 0 Å². The molecule has 3 nitrogen and oxygen atoms in total. The van der Waals surface area contributed by atoms with Crippen LogP contribution in [-0.2, 0) is 4.79 Å². The fraction of sp³-hybridized carbons (Fsp3) is 0.857. The first-order chi connectivity index (χ1) is 5.22. The van der Waals surface area contributed by atoms with Gasteiger partial charge in [-0.1, -0.05) is 15.9 Å². The molecule has 1 saturated heterocycles. The van der Waals surface area contributed by atoms with Crippen LogP contribution in [0.15, 0.2) is 0 Å². The van der Waals surface area contributed by atoms with E-state index in [0.717, 1.165) is 24.8 Å². The molecule has 0 saturated carbocycles. The van der Waals surface area contributed by atoms with E-state index in [0.29, 0.717) is 5.92 Å². The third-order valence-corrected chi connectivity index (χ3v) is 2.86. The number of rotatable bonds is 3. The number of carbonyl (C=O) groups is 1. The van der Waals surface area contributed by atoms with Crippen molar-refractivity contribution in [3.63, 3.8) is 0 Å². The maximum absolute atomic E-state index is 10.3. The van der Waals surface area contributed by atoms with Crippen LogP contribution in [0.4, 0.5) is 0 Å². The molecule has 1 aliphatic rings. The fourth-order valence-corrected chi connectivity index (χ4v) is 1.90. The van der Waals surface area contributed by atoms with Gasteiger partial charge in [0.1, 0.15) is 0 Å². The number of nitrogens with zero attached hydrogens (tertiary/aromatic N) is 1. The number of likely N-dealkylation sites (tertiary alicyclic amines) is 1. The van der Waals surface area contributed by atoms with Crippen molar-refractivity contribution < 1.29 is 9.90 Å². The van der Waals surface area contributed by atoms with Gasteiger partial charge in [-0.15, -0.1) is 0 Å². The van der Waals surface area contributed by atoms with Gasteiger partial charge in [0.15, 0.2) is 0 Å². The molecule has 0 bridgehead atoms. The maximum Gasteiger partial charge on any atom is 0.317 e. The lowest BCUT2D eigenvalue weighted by molar-refractivity contribution is -0.138. The molecule has 11 heavy (non-hydrogen) atoms. The van der Waals surface area contributed by atoms with E-state index in [1.807, 2.05) is 4.90 Å². The smallest absolute Gasteiger partial charge is 0.317 e. The lowest BCUT2D eigenvalue weighted by Gasteiger charge is -2.11. The van der Waals surface area contributed by atoms with Crippen molar-refractivity contribution in [1.29, 1.82) is 0 Å². The SMILES string of the molecule is O=C(O)CN1CC[C@H](CBr)C1. The van der Waals surface area contributed by atoms with E-state index >= 15 is 0 Å². The first-order valence-electron chi connectivity index (χ1n) is 3.72. The molecule has 0 aromatic heterocycles. The van der Waals surface area contributed by atoms with Gasteiger partial charge >= 0.3 is 5.97 Å². The molecule has 0 unspecified atom stereocenters. The molecule has 0 amide bonds. The minimum absolute atomic E-state index is 0.198. The molecular weight excluding hydrogens is 210 g/mol. The van der Waals surface area contributed by atoms with Gasteiger partial charge in [0.2, 0.25) is 0 Å². The third kappa shape index (κ3) is 2.79. The van der Waals surface area contributed by atoms with Crippen molar-refractivity contribution in [2.24, 2.45) is 5.92 Å². The summed E-state index contributed by atoms with van der Waals surface area (Å²) >= 11 is 3.40. The highest BCUT2D eigenvalue weighted by molar-refractivity contribution is 9.09. The molecule has 1 N–H and O–H groups in total. The highest BCUT2D eigenvalue weighted by Crippen LogP contribution is 2.17. The Morgan fingerprint density at radius 1 is 1.73 bits per heavy atom. The standard InChI is InChI=1S/C7H12BrNO2/c8-3-6-1-2-9(4-6)5-7(10)11/h6H,1-5H2,(H,10,11)/t6-/m1/s1. The minimum Gasteiger partial charge on any atom is -0.480 e. The zero-order valence-corrected chi connectivity index (χ0v) is 7.88. The van der Waals surface area contributed by atoms with Crippen LogP contribution in [0.25, 0.3) is 0 Å². The predicted molar refractivity (Wildman–Crippen MR) is 46.0 cm³/mol. The molecule has 4 heteroatoms. The van der Waals surface area contributed by atoms with Crippen LogP contribution in [-0.4, -0.2) is 40.9 Å². The van der Waals surface area contributed by atoms with Gasteiger partial charge in [-0.3, -0.25) is 9.69 Å². The number of carboxylic acids is 1. The number of carboxylic acid groups (broad SMARTS) is 1. The van der Waals surface area contributed by atoms with Crippen molar-refractivity contribution in [3.8, 4) is 0 Å². The molecule has 1 fully saturated rings. The van der Waals surface area contributed by atoms with E-state index < -0.39 is 5.97 Å². The zero-order valence-electron chi connectivity index (χ0n) is 6.29. The summed E-state index contributed by atoms with van der Waals surface area (Å²) in [6, 6.07) is 0. The normalized spacial score (nSPS) is 25.7. The van der Waals surface area contributed by atoms with E-state index in [-0.39, 0.29) is 6.54 Å². The highest BCUT2D eigenvalue weighted by Gasteiger charge is 2.22. The first-order valence-corrected chi connectivity index (χ1v) is 4.84. The maximum atomic E-state index is 10.3. The summed E-state index contributed by atoms with van der Waals surface area (Å²) in [7, 11) is 0. The van der Waals surface area contributed by atoms with Crippen LogP contribution >= 0.6 is 15.9 Å². The summed E-state index contributed by atoms with van der Waals surface area (Å²) < 4.78 is 0. The predicted octanol–water partition coefficient (Wildman–Crippen LogP) is 0.788. The largest absolute Gasteiger partial charge is 0.480 e. The fourth-order valence-electron chi connectivity index (χ4n) is 1.37. The van der Waals surface area contributed by atoms with Crippen LogP contribution in [0.3, 0.4) is 0 Å². The van der Waals surface area contributed by atoms with E-state index in [2.05, 4.69) is 15.9 Å². The summed E-state index contributed by atoms with van der Waals surface area (Å²) in [5.74, 6) is -0.0745. The van der Waals surface area contributed by atoms with Gasteiger partial charge in [-0.25, -0.2) is 0 Å². The topological polar surface area (TPSA) is 40.5 Å². The quantitative estimate of drug-likeness (QED) is 0.717. The highest BCUT2D eigenvalue weighted by atomic mass is 79.9. The van der Waals surface area contributed by atoms with Gasteiger partial charge in [0, 0.05) is 11.9 Å². The van der Waals surface area contributed by atoms with Crippen LogP contribution < -0.4 is 0 Å². The molecule has 1 rings (SSSR count). The van der Waals surface area contributed by atoms with E-state index in [9.17, 15) is 4.79 Å². The Balaban J connectivity index is 2.24. The second-order valence-electron chi connectivity index (χ2n) is 2.94. The van der Waals surface area contributed by atoms with Crippen molar-refractivity contribution in [2.75, 3.05) is 25.0 Å². The average Bonchev–Trinajstić information content (AvgIpc) is 2.34. The van der Waals surface area contributed by atoms with Gasteiger partial charge in [0.05, 0.1) is 6.54 Å². The Labute approximate surface area is 74.5 Å². The molecule has 0 aromatic rings. The summed E-state index contributed by atoms with van der Waals surface area (Å²) in [5, 5.41) is 9.47. The third-order valence-electron chi connectivity index (χ3n) is 1.95. The summed E-state index contributed by atoms with van der Waals surface area (Å²) in [5.41, 5.74) is 0. The number of halogens is 1. The zero-order chi connectivity index (χ0) is 8.27. The molecule has 1 heterocycles. The Morgan fingerprint density at radius 2 is 2.45 bits per heavy atom. The number of aliphatic carboxylic acids is 1. The minimum atomic E-state index is -0.722. The van der Waals surface area contributed by atoms with Gasteiger partial charge in [-0.2, -0.15) is 0 Å². The molecule has 0 spiro atoms. The monoisotopic (exact) mass is 221 g/mol. The lowest BCUT2D eigenvalue weighted by Crippen LogP contribution is -2.27. The Bertz CT molecular complexity index is 151. The van der Waals surface area contributed by atoms with Crippen LogP contribution in [0, 0.1) is 5.92 Å². The molecule has 64 valence electrons.